The zero-order valence-electron chi connectivity index (χ0n) is 9.84. The summed E-state index contributed by atoms with van der Waals surface area (Å²) in [6.45, 7) is 0.409. The molecule has 0 saturated heterocycles. The smallest absolute Gasteiger partial charge is 0.161 e. The Kier molecular flexibility index (Phi) is 3.83. The lowest BCUT2D eigenvalue weighted by Crippen LogP contribution is -1.95. The first-order valence-electron chi connectivity index (χ1n) is 5.65. The summed E-state index contributed by atoms with van der Waals surface area (Å²) in [4.78, 5) is 0. The molecule has 0 aliphatic carbocycles. The van der Waals surface area contributed by atoms with Crippen molar-refractivity contribution in [3.8, 4) is 17.6 Å². The molecule has 0 aliphatic rings. The molecular weight excluding hydrogens is 226 g/mol. The van der Waals surface area contributed by atoms with Gasteiger partial charge in [0.05, 0.1) is 12.5 Å². The van der Waals surface area contributed by atoms with Crippen molar-refractivity contribution in [2.45, 2.75) is 13.0 Å². The van der Waals surface area contributed by atoms with Gasteiger partial charge in [0.25, 0.3) is 0 Å². The van der Waals surface area contributed by atoms with Gasteiger partial charge in [0.1, 0.15) is 6.61 Å². The number of benzene rings is 2. The van der Waals surface area contributed by atoms with Crippen molar-refractivity contribution in [1.29, 1.82) is 5.26 Å². The Morgan fingerprint density at radius 2 is 1.83 bits per heavy atom. The largest absolute Gasteiger partial charge is 0.504 e. The minimum atomic E-state index is 0.0682. The van der Waals surface area contributed by atoms with Crippen molar-refractivity contribution < 1.29 is 9.84 Å². The predicted molar refractivity (Wildman–Crippen MR) is 68.2 cm³/mol. The summed E-state index contributed by atoms with van der Waals surface area (Å²) in [5, 5.41) is 18.3. The molecule has 0 atom stereocenters. The van der Waals surface area contributed by atoms with Crippen LogP contribution in [0.4, 0.5) is 0 Å². The van der Waals surface area contributed by atoms with Gasteiger partial charge in [-0.15, -0.1) is 0 Å². The summed E-state index contributed by atoms with van der Waals surface area (Å²) in [5.41, 5.74) is 1.82. The number of hydrogen-bond acceptors (Lipinski definition) is 3. The fourth-order valence-corrected chi connectivity index (χ4v) is 1.62. The van der Waals surface area contributed by atoms with Crippen molar-refractivity contribution in [3.63, 3.8) is 0 Å². The van der Waals surface area contributed by atoms with Crippen molar-refractivity contribution in [3.05, 3.63) is 59.7 Å². The highest BCUT2D eigenvalue weighted by molar-refractivity contribution is 5.42. The number of ether oxygens (including phenoxy) is 1. The molecule has 0 amide bonds. The molecular formula is C15H13NO2. The van der Waals surface area contributed by atoms with Gasteiger partial charge >= 0.3 is 0 Å². The van der Waals surface area contributed by atoms with Crippen LogP contribution < -0.4 is 4.74 Å². The van der Waals surface area contributed by atoms with E-state index in [4.69, 9.17) is 10.00 Å². The molecule has 0 bridgehead atoms. The molecule has 2 aromatic rings. The highest BCUT2D eigenvalue weighted by atomic mass is 16.5. The number of nitriles is 1. The quantitative estimate of drug-likeness (QED) is 0.892. The van der Waals surface area contributed by atoms with Gasteiger partial charge in [-0.05, 0) is 23.3 Å². The molecule has 2 rings (SSSR count). The van der Waals surface area contributed by atoms with Crippen LogP contribution in [-0.2, 0) is 13.0 Å². The average Bonchev–Trinajstić information content (AvgIpc) is 2.39. The molecule has 3 nitrogen and oxygen atoms in total. The first-order valence-corrected chi connectivity index (χ1v) is 5.65. The molecule has 0 aromatic heterocycles. The SMILES string of the molecule is N#CCc1ccc(OCc2ccccc2)c(O)c1. The van der Waals surface area contributed by atoms with Gasteiger partial charge in [0, 0.05) is 0 Å². The maximum Gasteiger partial charge on any atom is 0.161 e. The van der Waals surface area contributed by atoms with E-state index in [0.29, 0.717) is 12.4 Å². The Bertz CT molecular complexity index is 558. The Labute approximate surface area is 106 Å². The summed E-state index contributed by atoms with van der Waals surface area (Å²) >= 11 is 0. The zero-order valence-corrected chi connectivity index (χ0v) is 9.84. The average molecular weight is 239 g/mol. The van der Waals surface area contributed by atoms with Gasteiger partial charge < -0.3 is 9.84 Å². The molecule has 0 fully saturated rings. The van der Waals surface area contributed by atoms with Crippen LogP contribution >= 0.6 is 0 Å². The minimum Gasteiger partial charge on any atom is -0.504 e. The van der Waals surface area contributed by atoms with Crippen molar-refractivity contribution in [1.82, 2.24) is 0 Å². The Balaban J connectivity index is 2.04. The highest BCUT2D eigenvalue weighted by Crippen LogP contribution is 2.27. The second-order valence-corrected chi connectivity index (χ2v) is 3.91. The van der Waals surface area contributed by atoms with Crippen molar-refractivity contribution >= 4 is 0 Å². The second kappa shape index (κ2) is 5.74. The first-order chi connectivity index (χ1) is 8.79. The molecule has 90 valence electrons. The molecule has 0 saturated carbocycles. The van der Waals surface area contributed by atoms with Gasteiger partial charge in [-0.3, -0.25) is 0 Å². The molecule has 2 aromatic carbocycles. The van der Waals surface area contributed by atoms with Crippen LogP contribution in [0.15, 0.2) is 48.5 Å². The molecule has 0 aliphatic heterocycles. The van der Waals surface area contributed by atoms with Crippen molar-refractivity contribution in [2.75, 3.05) is 0 Å². The van der Waals surface area contributed by atoms with Gasteiger partial charge in [-0.1, -0.05) is 36.4 Å². The summed E-state index contributed by atoms with van der Waals surface area (Å²) in [6.07, 6.45) is 0.284. The lowest BCUT2D eigenvalue weighted by atomic mass is 10.1. The van der Waals surface area contributed by atoms with Crippen LogP contribution in [0.2, 0.25) is 0 Å². The first kappa shape index (κ1) is 12.0. The molecule has 3 heteroatoms. The second-order valence-electron chi connectivity index (χ2n) is 3.91. The third-order valence-electron chi connectivity index (χ3n) is 2.54. The standard InChI is InChI=1S/C15H13NO2/c16-9-8-12-6-7-15(14(17)10-12)18-11-13-4-2-1-3-5-13/h1-7,10,17H,8,11H2. The fraction of sp³-hybridized carbons (Fsp3) is 0.133. The van der Waals surface area contributed by atoms with E-state index in [1.807, 2.05) is 36.4 Å². The molecule has 1 N–H and O–H groups in total. The van der Waals surface area contributed by atoms with Gasteiger partial charge in [0.15, 0.2) is 11.5 Å². The third kappa shape index (κ3) is 3.02. The summed E-state index contributed by atoms with van der Waals surface area (Å²) in [5.74, 6) is 0.499. The van der Waals surface area contributed by atoms with E-state index in [-0.39, 0.29) is 12.2 Å². The Morgan fingerprint density at radius 3 is 2.50 bits per heavy atom. The fourth-order valence-electron chi connectivity index (χ4n) is 1.62. The van der Waals surface area contributed by atoms with E-state index in [0.717, 1.165) is 11.1 Å². The predicted octanol–water partition coefficient (Wildman–Crippen LogP) is 3.04. The number of nitrogens with zero attached hydrogens (tertiary/aromatic N) is 1. The lowest BCUT2D eigenvalue weighted by Gasteiger charge is -2.08. The van der Waals surface area contributed by atoms with Crippen LogP contribution in [-0.4, -0.2) is 5.11 Å². The number of phenolic OH excluding ortho intramolecular Hbond substituents is 1. The van der Waals surface area contributed by atoms with Crippen LogP contribution in [0.5, 0.6) is 11.5 Å². The maximum atomic E-state index is 9.76. The van der Waals surface area contributed by atoms with Gasteiger partial charge in [-0.2, -0.15) is 5.26 Å². The monoisotopic (exact) mass is 239 g/mol. The molecule has 18 heavy (non-hydrogen) atoms. The third-order valence-corrected chi connectivity index (χ3v) is 2.54. The number of hydrogen-bond donors (Lipinski definition) is 1. The summed E-state index contributed by atoms with van der Waals surface area (Å²) < 4.78 is 5.52. The van der Waals surface area contributed by atoms with E-state index in [2.05, 4.69) is 0 Å². The summed E-state index contributed by atoms with van der Waals surface area (Å²) in [7, 11) is 0. The van der Waals surface area contributed by atoms with Gasteiger partial charge in [0.2, 0.25) is 0 Å². The maximum absolute atomic E-state index is 9.76. The molecule has 0 spiro atoms. The minimum absolute atomic E-state index is 0.0682. The van der Waals surface area contributed by atoms with E-state index in [9.17, 15) is 5.11 Å². The van der Waals surface area contributed by atoms with Crippen LogP contribution in [0.1, 0.15) is 11.1 Å². The van der Waals surface area contributed by atoms with E-state index < -0.39 is 0 Å². The van der Waals surface area contributed by atoms with Crippen molar-refractivity contribution in [2.24, 2.45) is 0 Å². The Hall–Kier alpha value is -2.47. The van der Waals surface area contributed by atoms with Crippen LogP contribution in [0, 0.1) is 11.3 Å². The van der Waals surface area contributed by atoms with E-state index in [1.54, 1.807) is 18.2 Å². The Morgan fingerprint density at radius 1 is 1.06 bits per heavy atom. The van der Waals surface area contributed by atoms with Gasteiger partial charge in [-0.25, -0.2) is 0 Å². The molecule has 0 unspecified atom stereocenters. The van der Waals surface area contributed by atoms with Crippen LogP contribution in [0.3, 0.4) is 0 Å². The van der Waals surface area contributed by atoms with E-state index >= 15 is 0 Å². The topological polar surface area (TPSA) is 53.2 Å². The molecule has 0 heterocycles. The zero-order chi connectivity index (χ0) is 12.8. The number of aromatic hydroxyl groups is 1. The number of rotatable bonds is 4. The number of phenols is 1. The highest BCUT2D eigenvalue weighted by Gasteiger charge is 2.04. The van der Waals surface area contributed by atoms with E-state index in [1.165, 1.54) is 0 Å². The van der Waals surface area contributed by atoms with Crippen LogP contribution in [0.25, 0.3) is 0 Å². The normalized spacial score (nSPS) is 9.72. The summed E-state index contributed by atoms with van der Waals surface area (Å²) in [6, 6.07) is 16.8. The lowest BCUT2D eigenvalue weighted by molar-refractivity contribution is 0.289. The molecule has 0 radical (unpaired) electrons.